The largest absolute Gasteiger partial charge is 0.436 e. The highest BCUT2D eigenvalue weighted by Gasteiger charge is 2.14. The van der Waals surface area contributed by atoms with Gasteiger partial charge >= 0.3 is 0 Å². The summed E-state index contributed by atoms with van der Waals surface area (Å²) in [4.78, 5) is 12.1. The maximum Gasteiger partial charge on any atom is 0.228 e. The normalized spacial score (nSPS) is 11.2. The summed E-state index contributed by atoms with van der Waals surface area (Å²) in [6.45, 7) is 0. The molecule has 0 aliphatic heterocycles. The number of nitrogens with one attached hydrogen (secondary N) is 2. The van der Waals surface area contributed by atoms with Gasteiger partial charge in [-0.25, -0.2) is 9.97 Å². The lowest BCUT2D eigenvalue weighted by Gasteiger charge is -2.03. The molecule has 0 atom stereocenters. The van der Waals surface area contributed by atoms with Crippen molar-refractivity contribution < 1.29 is 4.42 Å². The van der Waals surface area contributed by atoms with Crippen LogP contribution < -0.4 is 5.32 Å². The number of anilines is 1. The highest BCUT2D eigenvalue weighted by atomic mass is 16.3. The van der Waals surface area contributed by atoms with Crippen LogP contribution in [0.15, 0.2) is 47.0 Å². The number of pyridine rings is 1. The van der Waals surface area contributed by atoms with Crippen LogP contribution in [0.4, 0.5) is 5.82 Å². The quantitative estimate of drug-likeness (QED) is 0.582. The van der Waals surface area contributed by atoms with Gasteiger partial charge in [0.15, 0.2) is 5.58 Å². The summed E-state index contributed by atoms with van der Waals surface area (Å²) < 4.78 is 5.85. The van der Waals surface area contributed by atoms with Crippen molar-refractivity contribution in [1.29, 1.82) is 0 Å². The monoisotopic (exact) mass is 264 g/mol. The van der Waals surface area contributed by atoms with E-state index in [0.29, 0.717) is 5.89 Å². The predicted octanol–water partition coefficient (Wildman–Crippen LogP) is 3.41. The first-order chi connectivity index (χ1) is 9.85. The summed E-state index contributed by atoms with van der Waals surface area (Å²) in [5, 5.41) is 4.05. The smallest absolute Gasteiger partial charge is 0.228 e. The number of benzene rings is 1. The number of hydrogen-bond donors (Lipinski definition) is 2. The number of nitrogens with zero attached hydrogens (tertiary/aromatic N) is 2. The molecule has 3 heterocycles. The van der Waals surface area contributed by atoms with Gasteiger partial charge in [0, 0.05) is 18.6 Å². The summed E-state index contributed by atoms with van der Waals surface area (Å²) in [5.41, 5.74) is 3.38. The van der Waals surface area contributed by atoms with Gasteiger partial charge in [-0.05, 0) is 24.3 Å². The van der Waals surface area contributed by atoms with Gasteiger partial charge in [-0.15, -0.1) is 0 Å². The van der Waals surface area contributed by atoms with Crippen molar-refractivity contribution >= 4 is 28.0 Å². The summed E-state index contributed by atoms with van der Waals surface area (Å²) >= 11 is 0. The second-order valence-electron chi connectivity index (χ2n) is 4.53. The van der Waals surface area contributed by atoms with Crippen molar-refractivity contribution in [2.24, 2.45) is 0 Å². The van der Waals surface area contributed by atoms with Crippen LogP contribution in [-0.4, -0.2) is 22.0 Å². The van der Waals surface area contributed by atoms with Crippen molar-refractivity contribution in [3.05, 3.63) is 42.6 Å². The van der Waals surface area contributed by atoms with Gasteiger partial charge in [0.05, 0.1) is 5.56 Å². The zero-order valence-electron chi connectivity index (χ0n) is 10.8. The van der Waals surface area contributed by atoms with Crippen LogP contribution in [0.25, 0.3) is 33.6 Å². The molecule has 0 spiro atoms. The molecule has 5 nitrogen and oxygen atoms in total. The number of H-pyrrole nitrogens is 1. The second-order valence-corrected chi connectivity index (χ2v) is 4.53. The molecule has 0 fully saturated rings. The summed E-state index contributed by atoms with van der Waals surface area (Å²) in [6, 6.07) is 11.7. The van der Waals surface area contributed by atoms with Crippen LogP contribution in [0.5, 0.6) is 0 Å². The van der Waals surface area contributed by atoms with E-state index in [-0.39, 0.29) is 0 Å². The lowest BCUT2D eigenvalue weighted by atomic mass is 10.2. The minimum atomic E-state index is 0.606. The Hall–Kier alpha value is -2.82. The third kappa shape index (κ3) is 1.56. The van der Waals surface area contributed by atoms with Crippen LogP contribution in [0.2, 0.25) is 0 Å². The molecule has 1 aromatic carbocycles. The van der Waals surface area contributed by atoms with E-state index in [0.717, 1.165) is 33.5 Å². The Morgan fingerprint density at radius 1 is 1.15 bits per heavy atom. The fraction of sp³-hybridized carbons (Fsp3) is 0.0667. The van der Waals surface area contributed by atoms with Crippen LogP contribution >= 0.6 is 0 Å². The van der Waals surface area contributed by atoms with Crippen molar-refractivity contribution in [3.63, 3.8) is 0 Å². The molecule has 0 saturated heterocycles. The van der Waals surface area contributed by atoms with Gasteiger partial charge in [0.1, 0.15) is 17.0 Å². The Morgan fingerprint density at radius 2 is 2.05 bits per heavy atom. The average Bonchev–Trinajstić information content (AvgIpc) is 3.12. The molecule has 0 aliphatic rings. The van der Waals surface area contributed by atoms with E-state index in [1.54, 1.807) is 0 Å². The maximum absolute atomic E-state index is 5.85. The minimum Gasteiger partial charge on any atom is -0.436 e. The van der Waals surface area contributed by atoms with Crippen molar-refractivity contribution in [2.45, 2.75) is 0 Å². The van der Waals surface area contributed by atoms with E-state index in [1.165, 1.54) is 0 Å². The maximum atomic E-state index is 5.85. The van der Waals surface area contributed by atoms with Gasteiger partial charge < -0.3 is 14.7 Å². The molecule has 2 N–H and O–H groups in total. The fourth-order valence-corrected chi connectivity index (χ4v) is 2.33. The standard InChI is InChI=1S/C15H12N4O/c1-16-13-8-10(9-6-7-17-14(9)19-13)15-18-11-4-2-3-5-12(11)20-15/h2-8H,1H3,(H2,16,17,19). The third-order valence-electron chi connectivity index (χ3n) is 3.31. The first-order valence-electron chi connectivity index (χ1n) is 6.37. The van der Waals surface area contributed by atoms with Crippen LogP contribution in [0, 0.1) is 0 Å². The molecule has 4 aromatic rings. The third-order valence-corrected chi connectivity index (χ3v) is 3.31. The van der Waals surface area contributed by atoms with E-state index < -0.39 is 0 Å². The number of aromatic amines is 1. The zero-order chi connectivity index (χ0) is 13.5. The van der Waals surface area contributed by atoms with E-state index in [4.69, 9.17) is 4.42 Å². The first kappa shape index (κ1) is 11.0. The molecule has 0 saturated carbocycles. The Morgan fingerprint density at radius 3 is 2.90 bits per heavy atom. The molecular weight excluding hydrogens is 252 g/mol. The molecule has 0 bridgehead atoms. The summed E-state index contributed by atoms with van der Waals surface area (Å²) in [7, 11) is 1.84. The molecule has 3 aromatic heterocycles. The summed E-state index contributed by atoms with van der Waals surface area (Å²) in [6.07, 6.45) is 1.86. The topological polar surface area (TPSA) is 66.7 Å². The number of rotatable bonds is 2. The van der Waals surface area contributed by atoms with Gasteiger partial charge in [-0.1, -0.05) is 12.1 Å². The highest BCUT2D eigenvalue weighted by molar-refractivity contribution is 5.93. The van der Waals surface area contributed by atoms with Crippen LogP contribution in [0.1, 0.15) is 0 Å². The SMILES string of the molecule is CNc1cc(-c2nc3ccccc3o2)c2cc[nH]c2n1. The number of oxazole rings is 1. The van der Waals surface area contributed by atoms with Crippen LogP contribution in [-0.2, 0) is 0 Å². The Kier molecular flexibility index (Phi) is 2.26. The lowest BCUT2D eigenvalue weighted by molar-refractivity contribution is 0.620. The van der Waals surface area contributed by atoms with E-state index in [1.807, 2.05) is 49.6 Å². The highest BCUT2D eigenvalue weighted by Crippen LogP contribution is 2.31. The van der Waals surface area contributed by atoms with Crippen molar-refractivity contribution in [2.75, 3.05) is 12.4 Å². The first-order valence-corrected chi connectivity index (χ1v) is 6.37. The number of aromatic nitrogens is 3. The van der Waals surface area contributed by atoms with E-state index in [2.05, 4.69) is 20.3 Å². The van der Waals surface area contributed by atoms with Crippen molar-refractivity contribution in [3.8, 4) is 11.5 Å². The molecule has 0 unspecified atom stereocenters. The Balaban J connectivity index is 2.02. The second kappa shape index (κ2) is 4.09. The average molecular weight is 264 g/mol. The van der Waals surface area contributed by atoms with Gasteiger partial charge in [-0.3, -0.25) is 0 Å². The Bertz CT molecular complexity index is 873. The fourth-order valence-electron chi connectivity index (χ4n) is 2.33. The molecule has 5 heteroatoms. The molecule has 0 amide bonds. The molecule has 0 aliphatic carbocycles. The number of para-hydroxylation sites is 2. The van der Waals surface area contributed by atoms with Gasteiger partial charge in [-0.2, -0.15) is 0 Å². The molecule has 4 rings (SSSR count). The van der Waals surface area contributed by atoms with Crippen LogP contribution in [0.3, 0.4) is 0 Å². The van der Waals surface area contributed by atoms with Gasteiger partial charge in [0.2, 0.25) is 5.89 Å². The van der Waals surface area contributed by atoms with E-state index in [9.17, 15) is 0 Å². The summed E-state index contributed by atoms with van der Waals surface area (Å²) in [5.74, 6) is 1.38. The minimum absolute atomic E-state index is 0.606. The zero-order valence-corrected chi connectivity index (χ0v) is 10.8. The molecule has 98 valence electrons. The molecule has 0 radical (unpaired) electrons. The van der Waals surface area contributed by atoms with E-state index >= 15 is 0 Å². The number of hydrogen-bond acceptors (Lipinski definition) is 4. The predicted molar refractivity (Wildman–Crippen MR) is 78.6 cm³/mol. The molecular formula is C15H12N4O. The lowest BCUT2D eigenvalue weighted by Crippen LogP contribution is -1.93. The van der Waals surface area contributed by atoms with Gasteiger partial charge in [0.25, 0.3) is 0 Å². The molecule has 20 heavy (non-hydrogen) atoms. The number of fused-ring (bicyclic) bond motifs is 2. The van der Waals surface area contributed by atoms with Crippen molar-refractivity contribution in [1.82, 2.24) is 15.0 Å². The Labute approximate surface area is 114 Å².